The number of amides is 1. The number of hydrogen-bond acceptors (Lipinski definition) is 3. The van der Waals surface area contributed by atoms with E-state index in [1.165, 1.54) is 5.56 Å². The van der Waals surface area contributed by atoms with Crippen molar-refractivity contribution >= 4 is 5.91 Å². The zero-order valence-electron chi connectivity index (χ0n) is 10.8. The molecule has 0 spiro atoms. The van der Waals surface area contributed by atoms with Gasteiger partial charge in [0.15, 0.2) is 0 Å². The van der Waals surface area contributed by atoms with E-state index in [9.17, 15) is 4.79 Å². The Morgan fingerprint density at radius 3 is 2.44 bits per heavy atom. The summed E-state index contributed by atoms with van der Waals surface area (Å²) in [4.78, 5) is 13.0. The van der Waals surface area contributed by atoms with E-state index < -0.39 is 0 Å². The lowest BCUT2D eigenvalue weighted by Crippen LogP contribution is -2.39. The van der Waals surface area contributed by atoms with Crippen molar-refractivity contribution in [1.29, 1.82) is 0 Å². The number of nitrogens with zero attached hydrogens (tertiary/aromatic N) is 1. The van der Waals surface area contributed by atoms with Crippen LogP contribution in [0.4, 0.5) is 0 Å². The molecule has 1 fully saturated rings. The highest BCUT2D eigenvalue weighted by Crippen LogP contribution is 2.28. The van der Waals surface area contributed by atoms with Crippen LogP contribution in [0.5, 0.6) is 5.75 Å². The molecule has 1 aromatic carbocycles. The summed E-state index contributed by atoms with van der Waals surface area (Å²) in [7, 11) is 1.68. The van der Waals surface area contributed by atoms with Crippen LogP contribution in [0.3, 0.4) is 0 Å². The van der Waals surface area contributed by atoms with Crippen LogP contribution in [0.2, 0.25) is 0 Å². The summed E-state index contributed by atoms with van der Waals surface area (Å²) in [6.07, 6.45) is 2.17. The maximum absolute atomic E-state index is 10.9. The number of rotatable bonds is 4. The molecule has 0 atom stereocenters. The van der Waals surface area contributed by atoms with E-state index in [-0.39, 0.29) is 5.91 Å². The van der Waals surface area contributed by atoms with E-state index >= 15 is 0 Å². The van der Waals surface area contributed by atoms with E-state index in [1.807, 2.05) is 12.1 Å². The molecule has 4 nitrogen and oxygen atoms in total. The Hall–Kier alpha value is -1.55. The number of likely N-dealkylation sites (tertiary alicyclic amines) is 1. The predicted octanol–water partition coefficient (Wildman–Crippen LogP) is 1.36. The maximum atomic E-state index is 10.9. The highest BCUT2D eigenvalue weighted by atomic mass is 16.5. The lowest BCUT2D eigenvalue weighted by atomic mass is 9.89. The first-order valence-corrected chi connectivity index (χ1v) is 6.33. The summed E-state index contributed by atoms with van der Waals surface area (Å²) in [5.74, 6) is 1.24. The van der Waals surface area contributed by atoms with Crippen molar-refractivity contribution in [1.82, 2.24) is 4.90 Å². The molecule has 0 aliphatic carbocycles. The SMILES string of the molecule is COc1ccc(C2CCN(CC(N)=O)CC2)cc1. The highest BCUT2D eigenvalue weighted by Gasteiger charge is 2.21. The number of carbonyl (C=O) groups is 1. The van der Waals surface area contributed by atoms with E-state index in [0.29, 0.717) is 12.5 Å². The number of hydrogen-bond donors (Lipinski definition) is 1. The Bertz CT molecular complexity index is 395. The molecule has 0 bridgehead atoms. The zero-order valence-corrected chi connectivity index (χ0v) is 10.8. The van der Waals surface area contributed by atoms with Gasteiger partial charge >= 0.3 is 0 Å². The lowest BCUT2D eigenvalue weighted by molar-refractivity contribution is -0.119. The van der Waals surface area contributed by atoms with Gasteiger partial charge in [-0.25, -0.2) is 0 Å². The van der Waals surface area contributed by atoms with Crippen LogP contribution in [0.15, 0.2) is 24.3 Å². The first kappa shape index (κ1) is 12.9. The molecule has 98 valence electrons. The monoisotopic (exact) mass is 248 g/mol. The molecule has 1 aliphatic rings. The third-order valence-electron chi connectivity index (χ3n) is 3.55. The lowest BCUT2D eigenvalue weighted by Gasteiger charge is -2.31. The van der Waals surface area contributed by atoms with Crippen molar-refractivity contribution < 1.29 is 9.53 Å². The number of primary amides is 1. The van der Waals surface area contributed by atoms with Gasteiger partial charge in [0.2, 0.25) is 5.91 Å². The number of carbonyl (C=O) groups excluding carboxylic acids is 1. The molecule has 0 aromatic heterocycles. The summed E-state index contributed by atoms with van der Waals surface area (Å²) in [5, 5.41) is 0. The summed E-state index contributed by atoms with van der Waals surface area (Å²) >= 11 is 0. The minimum absolute atomic E-state index is 0.238. The Morgan fingerprint density at radius 2 is 1.94 bits per heavy atom. The summed E-state index contributed by atoms with van der Waals surface area (Å²) in [6, 6.07) is 8.27. The average Bonchev–Trinajstić information content (AvgIpc) is 2.39. The Balaban J connectivity index is 1.90. The molecule has 1 saturated heterocycles. The molecule has 0 radical (unpaired) electrons. The van der Waals surface area contributed by atoms with Crippen molar-refractivity contribution in [2.24, 2.45) is 5.73 Å². The van der Waals surface area contributed by atoms with Gasteiger partial charge in [-0.1, -0.05) is 12.1 Å². The van der Waals surface area contributed by atoms with Gasteiger partial charge < -0.3 is 10.5 Å². The average molecular weight is 248 g/mol. The second-order valence-electron chi connectivity index (χ2n) is 4.79. The van der Waals surface area contributed by atoms with Crippen LogP contribution in [0, 0.1) is 0 Å². The maximum Gasteiger partial charge on any atom is 0.231 e. The summed E-state index contributed by atoms with van der Waals surface area (Å²) in [6.45, 7) is 2.27. The molecule has 1 aromatic rings. The largest absolute Gasteiger partial charge is 0.497 e. The molecule has 1 aliphatic heterocycles. The van der Waals surface area contributed by atoms with E-state index in [2.05, 4.69) is 17.0 Å². The normalized spacial score (nSPS) is 17.6. The van der Waals surface area contributed by atoms with Gasteiger partial charge in [-0.15, -0.1) is 0 Å². The third-order valence-corrected chi connectivity index (χ3v) is 3.55. The fourth-order valence-electron chi connectivity index (χ4n) is 2.52. The third kappa shape index (κ3) is 3.23. The number of ether oxygens (including phenoxy) is 1. The molecule has 4 heteroatoms. The Labute approximate surface area is 108 Å². The minimum Gasteiger partial charge on any atom is -0.497 e. The van der Waals surface area contributed by atoms with Gasteiger partial charge in [-0.3, -0.25) is 9.69 Å². The smallest absolute Gasteiger partial charge is 0.231 e. The van der Waals surface area contributed by atoms with Crippen molar-refractivity contribution in [2.45, 2.75) is 18.8 Å². The van der Waals surface area contributed by atoms with E-state index in [4.69, 9.17) is 10.5 Å². The van der Waals surface area contributed by atoms with Gasteiger partial charge in [0.05, 0.1) is 13.7 Å². The van der Waals surface area contributed by atoms with Crippen molar-refractivity contribution in [3.8, 4) is 5.75 Å². The van der Waals surface area contributed by atoms with Crippen LogP contribution in [-0.2, 0) is 4.79 Å². The van der Waals surface area contributed by atoms with Crippen LogP contribution in [0.25, 0.3) is 0 Å². The van der Waals surface area contributed by atoms with Gasteiger partial charge in [-0.05, 0) is 49.5 Å². The molecule has 2 N–H and O–H groups in total. The second-order valence-corrected chi connectivity index (χ2v) is 4.79. The van der Waals surface area contributed by atoms with Crippen molar-refractivity contribution in [2.75, 3.05) is 26.7 Å². The van der Waals surface area contributed by atoms with Gasteiger partial charge in [0.1, 0.15) is 5.75 Å². The standard InChI is InChI=1S/C14H20N2O2/c1-18-13-4-2-11(3-5-13)12-6-8-16(9-7-12)10-14(15)17/h2-5,12H,6-10H2,1H3,(H2,15,17). The van der Waals surface area contributed by atoms with E-state index in [1.54, 1.807) is 7.11 Å². The number of nitrogens with two attached hydrogens (primary N) is 1. The fraction of sp³-hybridized carbons (Fsp3) is 0.500. The molecular weight excluding hydrogens is 228 g/mol. The number of methoxy groups -OCH3 is 1. The number of piperidine rings is 1. The molecule has 0 saturated carbocycles. The Kier molecular flexibility index (Phi) is 4.20. The summed E-state index contributed by atoms with van der Waals surface area (Å²) in [5.41, 5.74) is 6.56. The minimum atomic E-state index is -0.238. The van der Waals surface area contributed by atoms with Crippen molar-refractivity contribution in [3.63, 3.8) is 0 Å². The Morgan fingerprint density at radius 1 is 1.33 bits per heavy atom. The molecule has 1 heterocycles. The quantitative estimate of drug-likeness (QED) is 0.875. The van der Waals surface area contributed by atoms with Crippen LogP contribution >= 0.6 is 0 Å². The molecule has 18 heavy (non-hydrogen) atoms. The molecule has 1 amide bonds. The first-order chi connectivity index (χ1) is 8.69. The van der Waals surface area contributed by atoms with Crippen LogP contribution in [0.1, 0.15) is 24.3 Å². The van der Waals surface area contributed by atoms with Gasteiger partial charge in [0.25, 0.3) is 0 Å². The molecule has 0 unspecified atom stereocenters. The van der Waals surface area contributed by atoms with Crippen LogP contribution in [-0.4, -0.2) is 37.6 Å². The van der Waals surface area contributed by atoms with Crippen molar-refractivity contribution in [3.05, 3.63) is 29.8 Å². The molecular formula is C14H20N2O2. The zero-order chi connectivity index (χ0) is 13.0. The van der Waals surface area contributed by atoms with Gasteiger partial charge in [-0.2, -0.15) is 0 Å². The predicted molar refractivity (Wildman–Crippen MR) is 70.6 cm³/mol. The van der Waals surface area contributed by atoms with E-state index in [0.717, 1.165) is 31.7 Å². The number of benzene rings is 1. The van der Waals surface area contributed by atoms with Crippen LogP contribution < -0.4 is 10.5 Å². The topological polar surface area (TPSA) is 55.6 Å². The second kappa shape index (κ2) is 5.87. The highest BCUT2D eigenvalue weighted by molar-refractivity contribution is 5.75. The van der Waals surface area contributed by atoms with Gasteiger partial charge in [0, 0.05) is 0 Å². The molecule has 2 rings (SSSR count). The fourth-order valence-corrected chi connectivity index (χ4v) is 2.52. The first-order valence-electron chi connectivity index (χ1n) is 6.33. The summed E-state index contributed by atoms with van der Waals surface area (Å²) < 4.78 is 5.16.